The van der Waals surface area contributed by atoms with Crippen LogP contribution >= 0.6 is 25.3 Å². The minimum absolute atomic E-state index is 0.0178. The van der Waals surface area contributed by atoms with Crippen LogP contribution in [-0.2, 0) is 0 Å². The smallest absolute Gasteiger partial charge is 0.183 e. The van der Waals surface area contributed by atoms with Gasteiger partial charge in [0.25, 0.3) is 0 Å². The third-order valence-electron chi connectivity index (χ3n) is 2.14. The molecular formula is C9H21F2N3S2. The highest BCUT2D eigenvalue weighted by Crippen LogP contribution is 2.13. The van der Waals surface area contributed by atoms with E-state index < -0.39 is 11.6 Å². The number of thiol groups is 2. The van der Waals surface area contributed by atoms with Gasteiger partial charge in [-0.2, -0.15) is 25.3 Å². The van der Waals surface area contributed by atoms with Gasteiger partial charge in [0.1, 0.15) is 0 Å². The van der Waals surface area contributed by atoms with Crippen molar-refractivity contribution in [3.05, 3.63) is 0 Å². The molecule has 0 aromatic carbocycles. The van der Waals surface area contributed by atoms with Gasteiger partial charge in [-0.3, -0.25) is 10.6 Å². The van der Waals surface area contributed by atoms with E-state index in [-0.39, 0.29) is 24.6 Å². The van der Waals surface area contributed by atoms with Crippen molar-refractivity contribution in [1.29, 1.82) is 0 Å². The van der Waals surface area contributed by atoms with Crippen molar-refractivity contribution in [3.8, 4) is 0 Å². The lowest BCUT2D eigenvalue weighted by molar-refractivity contribution is 0.0831. The Morgan fingerprint density at radius 2 is 1.50 bits per heavy atom. The number of rotatable bonds is 9. The normalized spacial score (nSPS) is 19.1. The van der Waals surface area contributed by atoms with E-state index in [0.29, 0.717) is 6.54 Å². The summed E-state index contributed by atoms with van der Waals surface area (Å²) in [6.45, 7) is 2.17. The standard InChI is InChI=1S/C9H21F2N3S2/c1-3-13-9(11,7-16)5-14-8(10,6-15)4-12-2/h12-16H,3-7H2,1-2H3/t8-,9+/m1/s1. The Morgan fingerprint density at radius 1 is 1.00 bits per heavy atom. The molecule has 3 nitrogen and oxygen atoms in total. The molecule has 0 aliphatic carbocycles. The van der Waals surface area contributed by atoms with Crippen LogP contribution in [0.5, 0.6) is 0 Å². The van der Waals surface area contributed by atoms with E-state index in [2.05, 4.69) is 41.2 Å². The molecule has 7 heteroatoms. The van der Waals surface area contributed by atoms with E-state index in [1.807, 2.05) is 0 Å². The zero-order valence-corrected chi connectivity index (χ0v) is 11.5. The number of hydrogen-bond acceptors (Lipinski definition) is 5. The summed E-state index contributed by atoms with van der Waals surface area (Å²) in [6, 6.07) is 0. The molecule has 0 saturated heterocycles. The average Bonchev–Trinajstić information content (AvgIpc) is 2.27. The Morgan fingerprint density at radius 3 is 1.88 bits per heavy atom. The molecule has 0 fully saturated rings. The van der Waals surface area contributed by atoms with Gasteiger partial charge < -0.3 is 5.32 Å². The van der Waals surface area contributed by atoms with Gasteiger partial charge in [0, 0.05) is 24.6 Å². The Hall–Kier alpha value is 0.440. The molecule has 3 N–H and O–H groups in total. The van der Waals surface area contributed by atoms with Gasteiger partial charge >= 0.3 is 0 Å². The molecule has 0 unspecified atom stereocenters. The molecule has 0 spiro atoms. The fraction of sp³-hybridized carbons (Fsp3) is 1.00. The second kappa shape index (κ2) is 7.71. The highest BCUT2D eigenvalue weighted by molar-refractivity contribution is 7.80. The number of hydrogen-bond donors (Lipinski definition) is 5. The molecule has 0 rings (SSSR count). The first-order valence-corrected chi connectivity index (χ1v) is 6.46. The van der Waals surface area contributed by atoms with Crippen LogP contribution in [-0.4, -0.2) is 49.8 Å². The predicted molar refractivity (Wildman–Crippen MR) is 71.0 cm³/mol. The first-order chi connectivity index (χ1) is 7.45. The highest BCUT2D eigenvalue weighted by Gasteiger charge is 2.33. The first-order valence-electron chi connectivity index (χ1n) is 5.19. The molecule has 0 heterocycles. The van der Waals surface area contributed by atoms with Crippen molar-refractivity contribution in [3.63, 3.8) is 0 Å². The van der Waals surface area contributed by atoms with Gasteiger partial charge in [-0.15, -0.1) is 0 Å². The Kier molecular flexibility index (Phi) is 7.92. The summed E-state index contributed by atoms with van der Waals surface area (Å²) in [4.78, 5) is 0. The summed E-state index contributed by atoms with van der Waals surface area (Å²) in [5.74, 6) is -3.46. The maximum absolute atomic E-state index is 14.0. The summed E-state index contributed by atoms with van der Waals surface area (Å²) in [5, 5.41) is 7.86. The molecule has 0 aromatic heterocycles. The van der Waals surface area contributed by atoms with E-state index in [4.69, 9.17) is 0 Å². The monoisotopic (exact) mass is 273 g/mol. The van der Waals surface area contributed by atoms with Crippen LogP contribution in [0, 0.1) is 0 Å². The van der Waals surface area contributed by atoms with Gasteiger partial charge in [0.05, 0.1) is 0 Å². The Labute approximate surface area is 107 Å². The molecule has 0 amide bonds. The SMILES string of the molecule is CCN[C@](F)(CS)CN[C@@](F)(CS)CNC. The maximum Gasteiger partial charge on any atom is 0.183 e. The van der Waals surface area contributed by atoms with E-state index >= 15 is 0 Å². The van der Waals surface area contributed by atoms with E-state index in [9.17, 15) is 8.78 Å². The van der Waals surface area contributed by atoms with Gasteiger partial charge in [0.15, 0.2) is 11.6 Å². The molecule has 98 valence electrons. The minimum atomic E-state index is -1.71. The first kappa shape index (κ1) is 16.4. The molecule has 0 saturated carbocycles. The van der Waals surface area contributed by atoms with Crippen LogP contribution < -0.4 is 16.0 Å². The fourth-order valence-electron chi connectivity index (χ4n) is 1.24. The minimum Gasteiger partial charge on any atom is -0.315 e. The van der Waals surface area contributed by atoms with Crippen molar-refractivity contribution in [1.82, 2.24) is 16.0 Å². The Balaban J connectivity index is 4.26. The molecule has 0 aliphatic rings. The van der Waals surface area contributed by atoms with Crippen LogP contribution in [0.4, 0.5) is 8.78 Å². The molecule has 0 aromatic rings. The second-order valence-corrected chi connectivity index (χ2v) is 4.29. The molecular weight excluding hydrogens is 252 g/mol. The highest BCUT2D eigenvalue weighted by atomic mass is 32.1. The quantitative estimate of drug-likeness (QED) is 0.315. The van der Waals surface area contributed by atoms with Crippen LogP contribution in [0.15, 0.2) is 0 Å². The summed E-state index contributed by atoms with van der Waals surface area (Å²) < 4.78 is 27.9. The van der Waals surface area contributed by atoms with Crippen LogP contribution in [0.25, 0.3) is 0 Å². The van der Waals surface area contributed by atoms with Crippen molar-refractivity contribution >= 4 is 25.3 Å². The van der Waals surface area contributed by atoms with E-state index in [1.54, 1.807) is 14.0 Å². The fourth-order valence-corrected chi connectivity index (χ4v) is 1.69. The lowest BCUT2D eigenvalue weighted by atomic mass is 10.2. The lowest BCUT2D eigenvalue weighted by Crippen LogP contribution is -2.58. The van der Waals surface area contributed by atoms with Crippen molar-refractivity contribution < 1.29 is 8.78 Å². The van der Waals surface area contributed by atoms with Crippen LogP contribution in [0.2, 0.25) is 0 Å². The van der Waals surface area contributed by atoms with E-state index in [1.165, 1.54) is 0 Å². The van der Waals surface area contributed by atoms with Crippen molar-refractivity contribution in [2.75, 3.05) is 38.2 Å². The summed E-state index contributed by atoms with van der Waals surface area (Å²) >= 11 is 7.82. The summed E-state index contributed by atoms with van der Waals surface area (Å²) in [7, 11) is 1.63. The summed E-state index contributed by atoms with van der Waals surface area (Å²) in [6.07, 6.45) is 0. The predicted octanol–water partition coefficient (Wildman–Crippen LogP) is 0.596. The van der Waals surface area contributed by atoms with Gasteiger partial charge in [0.2, 0.25) is 0 Å². The van der Waals surface area contributed by atoms with Gasteiger partial charge in [-0.25, -0.2) is 8.78 Å². The zero-order valence-electron chi connectivity index (χ0n) is 9.69. The number of halogens is 2. The van der Waals surface area contributed by atoms with Gasteiger partial charge in [-0.05, 0) is 13.6 Å². The second-order valence-electron chi connectivity index (χ2n) is 3.66. The van der Waals surface area contributed by atoms with Gasteiger partial charge in [-0.1, -0.05) is 6.92 Å². The maximum atomic E-state index is 14.0. The molecule has 0 aliphatic heterocycles. The lowest BCUT2D eigenvalue weighted by Gasteiger charge is -2.31. The largest absolute Gasteiger partial charge is 0.315 e. The summed E-state index contributed by atoms with van der Waals surface area (Å²) in [5.41, 5.74) is 0. The molecule has 2 atom stereocenters. The third-order valence-corrected chi connectivity index (χ3v) is 3.14. The molecule has 16 heavy (non-hydrogen) atoms. The number of likely N-dealkylation sites (N-methyl/N-ethyl adjacent to an activating group) is 2. The third kappa shape index (κ3) is 5.67. The van der Waals surface area contributed by atoms with Crippen molar-refractivity contribution in [2.24, 2.45) is 0 Å². The van der Waals surface area contributed by atoms with Crippen molar-refractivity contribution in [2.45, 2.75) is 18.5 Å². The zero-order chi connectivity index (χ0) is 12.7. The molecule has 0 bridgehead atoms. The number of alkyl halides is 2. The Bertz CT molecular complexity index is 180. The average molecular weight is 273 g/mol. The number of nitrogens with one attached hydrogen (secondary N) is 3. The van der Waals surface area contributed by atoms with Crippen LogP contribution in [0.1, 0.15) is 6.92 Å². The topological polar surface area (TPSA) is 36.1 Å². The molecule has 0 radical (unpaired) electrons. The van der Waals surface area contributed by atoms with E-state index in [0.717, 1.165) is 0 Å². The van der Waals surface area contributed by atoms with Crippen LogP contribution in [0.3, 0.4) is 0 Å².